The van der Waals surface area contributed by atoms with Crippen molar-refractivity contribution in [2.24, 2.45) is 0 Å². The summed E-state index contributed by atoms with van der Waals surface area (Å²) in [6.45, 7) is 0.608. The lowest BCUT2D eigenvalue weighted by Gasteiger charge is -2.26. The lowest BCUT2D eigenvalue weighted by atomic mass is 10.2. The number of esters is 2. The summed E-state index contributed by atoms with van der Waals surface area (Å²) in [5.41, 5.74) is 0. The summed E-state index contributed by atoms with van der Waals surface area (Å²) in [6, 6.07) is 0. The lowest BCUT2D eigenvalue weighted by molar-refractivity contribution is -0.205. The van der Waals surface area contributed by atoms with E-state index in [1.165, 1.54) is 14.2 Å². The van der Waals surface area contributed by atoms with Crippen LogP contribution in [0, 0.1) is 0 Å². The van der Waals surface area contributed by atoms with E-state index in [0.29, 0.717) is 13.0 Å². The van der Waals surface area contributed by atoms with Crippen molar-refractivity contribution in [3.05, 3.63) is 0 Å². The molecule has 1 aliphatic heterocycles. The standard InChI is InChI=1S/C11H18O6/c1-14-9(12)7-8(11(13)15-2)17-10-5-3-4-6-16-10/h8,10H,3-7H2,1-2H3/t8-,10-/m1/s1. The topological polar surface area (TPSA) is 71.1 Å². The minimum absolute atomic E-state index is 0.164. The maximum Gasteiger partial charge on any atom is 0.335 e. The van der Waals surface area contributed by atoms with E-state index in [9.17, 15) is 9.59 Å². The average molecular weight is 246 g/mol. The van der Waals surface area contributed by atoms with Crippen LogP contribution in [0.5, 0.6) is 0 Å². The Kier molecular flexibility index (Phi) is 5.93. The molecular weight excluding hydrogens is 228 g/mol. The maximum atomic E-state index is 11.4. The van der Waals surface area contributed by atoms with Crippen LogP contribution in [0.2, 0.25) is 0 Å². The minimum atomic E-state index is -0.962. The quantitative estimate of drug-likeness (QED) is 0.663. The number of rotatable bonds is 5. The lowest BCUT2D eigenvalue weighted by Crippen LogP contribution is -2.35. The molecule has 0 saturated carbocycles. The van der Waals surface area contributed by atoms with Crippen molar-refractivity contribution in [3.8, 4) is 0 Å². The zero-order valence-electron chi connectivity index (χ0n) is 10.1. The molecule has 0 aromatic carbocycles. The summed E-state index contributed by atoms with van der Waals surface area (Å²) >= 11 is 0. The first kappa shape index (κ1) is 13.9. The first-order chi connectivity index (χ1) is 8.17. The number of carbonyl (C=O) groups excluding carboxylic acids is 2. The van der Waals surface area contributed by atoms with E-state index in [1.807, 2.05) is 0 Å². The number of methoxy groups -OCH3 is 2. The summed E-state index contributed by atoms with van der Waals surface area (Å²) in [5, 5.41) is 0. The Bertz CT molecular complexity index is 259. The average Bonchev–Trinajstić information content (AvgIpc) is 2.38. The molecule has 0 aliphatic carbocycles. The summed E-state index contributed by atoms with van der Waals surface area (Å²) in [4.78, 5) is 22.6. The molecule has 1 saturated heterocycles. The Morgan fingerprint density at radius 3 is 2.59 bits per heavy atom. The van der Waals surface area contributed by atoms with E-state index in [4.69, 9.17) is 9.47 Å². The van der Waals surface area contributed by atoms with Crippen molar-refractivity contribution in [1.29, 1.82) is 0 Å². The second kappa shape index (κ2) is 7.24. The van der Waals surface area contributed by atoms with Crippen LogP contribution in [0.4, 0.5) is 0 Å². The van der Waals surface area contributed by atoms with E-state index < -0.39 is 24.3 Å². The summed E-state index contributed by atoms with van der Waals surface area (Å²) in [7, 11) is 2.51. The minimum Gasteiger partial charge on any atom is -0.469 e. The third-order valence-electron chi connectivity index (χ3n) is 2.50. The van der Waals surface area contributed by atoms with Crippen molar-refractivity contribution in [1.82, 2.24) is 0 Å². The highest BCUT2D eigenvalue weighted by atomic mass is 16.7. The van der Waals surface area contributed by atoms with Crippen LogP contribution in [0.1, 0.15) is 25.7 Å². The van der Waals surface area contributed by atoms with Gasteiger partial charge in [-0.2, -0.15) is 0 Å². The monoisotopic (exact) mass is 246 g/mol. The zero-order chi connectivity index (χ0) is 12.7. The van der Waals surface area contributed by atoms with E-state index >= 15 is 0 Å². The van der Waals surface area contributed by atoms with Gasteiger partial charge in [-0.15, -0.1) is 0 Å². The fourth-order valence-corrected chi connectivity index (χ4v) is 1.55. The molecule has 0 bridgehead atoms. The molecule has 0 unspecified atom stereocenters. The van der Waals surface area contributed by atoms with E-state index in [2.05, 4.69) is 9.47 Å². The Labute approximate surface area is 100 Å². The molecule has 0 radical (unpaired) electrons. The van der Waals surface area contributed by atoms with Crippen molar-refractivity contribution in [2.75, 3.05) is 20.8 Å². The highest BCUT2D eigenvalue weighted by Crippen LogP contribution is 2.17. The Balaban J connectivity index is 2.49. The Morgan fingerprint density at radius 1 is 1.29 bits per heavy atom. The van der Waals surface area contributed by atoms with Gasteiger partial charge in [0.15, 0.2) is 12.4 Å². The maximum absolute atomic E-state index is 11.4. The first-order valence-electron chi connectivity index (χ1n) is 5.59. The van der Waals surface area contributed by atoms with Crippen molar-refractivity contribution >= 4 is 11.9 Å². The van der Waals surface area contributed by atoms with Gasteiger partial charge in [-0.3, -0.25) is 4.79 Å². The Hall–Kier alpha value is -1.14. The number of ether oxygens (including phenoxy) is 4. The van der Waals surface area contributed by atoms with Crippen molar-refractivity contribution < 1.29 is 28.5 Å². The van der Waals surface area contributed by atoms with Crippen LogP contribution in [0.3, 0.4) is 0 Å². The van der Waals surface area contributed by atoms with Crippen LogP contribution in [-0.2, 0) is 28.5 Å². The second-order valence-corrected chi connectivity index (χ2v) is 3.72. The van der Waals surface area contributed by atoms with Gasteiger partial charge in [0.2, 0.25) is 0 Å². The molecule has 98 valence electrons. The van der Waals surface area contributed by atoms with Gasteiger partial charge in [-0.25, -0.2) is 4.79 Å². The first-order valence-corrected chi connectivity index (χ1v) is 5.59. The van der Waals surface area contributed by atoms with Gasteiger partial charge >= 0.3 is 11.9 Å². The smallest absolute Gasteiger partial charge is 0.335 e. The van der Waals surface area contributed by atoms with Crippen LogP contribution in [0.25, 0.3) is 0 Å². The summed E-state index contributed by atoms with van der Waals surface area (Å²) < 4.78 is 19.8. The molecule has 1 rings (SSSR count). The zero-order valence-corrected chi connectivity index (χ0v) is 10.1. The molecule has 0 spiro atoms. The number of hydrogen-bond donors (Lipinski definition) is 0. The molecule has 0 N–H and O–H groups in total. The fraction of sp³-hybridized carbons (Fsp3) is 0.818. The van der Waals surface area contributed by atoms with Gasteiger partial charge in [-0.05, 0) is 19.3 Å². The normalized spacial score (nSPS) is 21.6. The van der Waals surface area contributed by atoms with Gasteiger partial charge in [0.25, 0.3) is 0 Å². The molecule has 0 aromatic rings. The van der Waals surface area contributed by atoms with Gasteiger partial charge in [0.1, 0.15) is 0 Å². The highest BCUT2D eigenvalue weighted by Gasteiger charge is 2.28. The van der Waals surface area contributed by atoms with Crippen LogP contribution in [0.15, 0.2) is 0 Å². The molecule has 0 aromatic heterocycles. The Morgan fingerprint density at radius 2 is 2.06 bits per heavy atom. The van der Waals surface area contributed by atoms with E-state index in [0.717, 1.165) is 12.8 Å². The number of hydrogen-bond acceptors (Lipinski definition) is 6. The second-order valence-electron chi connectivity index (χ2n) is 3.72. The third kappa shape index (κ3) is 4.70. The predicted molar refractivity (Wildman–Crippen MR) is 57.1 cm³/mol. The van der Waals surface area contributed by atoms with E-state index in [1.54, 1.807) is 0 Å². The van der Waals surface area contributed by atoms with E-state index in [-0.39, 0.29) is 6.42 Å². The van der Waals surface area contributed by atoms with Crippen molar-refractivity contribution in [2.45, 2.75) is 38.1 Å². The van der Waals surface area contributed by atoms with Crippen LogP contribution in [-0.4, -0.2) is 45.2 Å². The molecule has 6 heteroatoms. The van der Waals surface area contributed by atoms with Gasteiger partial charge in [-0.1, -0.05) is 0 Å². The summed E-state index contributed by atoms with van der Waals surface area (Å²) in [5.74, 6) is -1.11. The van der Waals surface area contributed by atoms with Crippen LogP contribution >= 0.6 is 0 Å². The molecule has 1 heterocycles. The van der Waals surface area contributed by atoms with Crippen molar-refractivity contribution in [3.63, 3.8) is 0 Å². The molecular formula is C11H18O6. The molecule has 0 amide bonds. The SMILES string of the molecule is COC(=O)C[C@@H](O[C@@H]1CCCCO1)C(=O)OC. The molecule has 6 nitrogen and oxygen atoms in total. The molecule has 1 aliphatic rings. The number of carbonyl (C=O) groups is 2. The third-order valence-corrected chi connectivity index (χ3v) is 2.50. The highest BCUT2D eigenvalue weighted by molar-refractivity contribution is 5.81. The molecule has 1 fully saturated rings. The van der Waals surface area contributed by atoms with Gasteiger partial charge in [0.05, 0.1) is 20.6 Å². The summed E-state index contributed by atoms with van der Waals surface area (Å²) in [6.07, 6.45) is 1.11. The fourth-order valence-electron chi connectivity index (χ4n) is 1.55. The molecule has 17 heavy (non-hydrogen) atoms. The van der Waals surface area contributed by atoms with Gasteiger partial charge in [0, 0.05) is 6.61 Å². The predicted octanol–water partition coefficient (Wildman–Crippen LogP) is 0.634. The largest absolute Gasteiger partial charge is 0.469 e. The van der Waals surface area contributed by atoms with Gasteiger partial charge < -0.3 is 18.9 Å². The van der Waals surface area contributed by atoms with Crippen LogP contribution < -0.4 is 0 Å². The molecule has 2 atom stereocenters.